The summed E-state index contributed by atoms with van der Waals surface area (Å²) in [5.41, 5.74) is -0.527. The highest BCUT2D eigenvalue weighted by Crippen LogP contribution is 2.34. The minimum atomic E-state index is -4.45. The summed E-state index contributed by atoms with van der Waals surface area (Å²) in [6.45, 7) is 5.61. The molecule has 10 heteroatoms. The first-order chi connectivity index (χ1) is 11.6. The molecule has 0 aliphatic rings. The molecular formula is C15H20ClF3N2O3S. The Morgan fingerprint density at radius 1 is 1.28 bits per heavy atom. The fourth-order valence-electron chi connectivity index (χ4n) is 1.88. The maximum absolute atomic E-state index is 13.1. The quantitative estimate of drug-likeness (QED) is 0.519. The van der Waals surface area contributed by atoms with Crippen LogP contribution in [0.5, 0.6) is 0 Å². The first kappa shape index (κ1) is 23.4. The number of rotatable bonds is 6. The SMILES string of the molecule is CC/C(=N\OC(CC)CC)c1cc(Cl)ccc1C(F)(F)F.N=S(=O)=O. The van der Waals surface area contributed by atoms with Gasteiger partial charge in [0.1, 0.15) is 6.10 Å². The van der Waals surface area contributed by atoms with Gasteiger partial charge in [0.2, 0.25) is 0 Å². The van der Waals surface area contributed by atoms with Crippen molar-refractivity contribution >= 4 is 27.8 Å². The number of hydrogen-bond donors (Lipinski definition) is 1. The van der Waals surface area contributed by atoms with Crippen LogP contribution in [0.4, 0.5) is 13.2 Å². The van der Waals surface area contributed by atoms with Gasteiger partial charge in [-0.25, -0.2) is 0 Å². The molecule has 0 unspecified atom stereocenters. The molecule has 0 aliphatic carbocycles. The maximum atomic E-state index is 13.1. The molecule has 25 heavy (non-hydrogen) atoms. The molecule has 0 atom stereocenters. The zero-order valence-electron chi connectivity index (χ0n) is 14.0. The average molecular weight is 401 g/mol. The Morgan fingerprint density at radius 3 is 2.20 bits per heavy atom. The Balaban J connectivity index is 0.00000129. The van der Waals surface area contributed by atoms with E-state index in [1.165, 1.54) is 12.1 Å². The van der Waals surface area contributed by atoms with Crippen molar-refractivity contribution in [2.75, 3.05) is 0 Å². The third-order valence-corrected chi connectivity index (χ3v) is 3.39. The lowest BCUT2D eigenvalue weighted by Gasteiger charge is -2.16. The van der Waals surface area contributed by atoms with Crippen LogP contribution in [0, 0.1) is 4.78 Å². The average Bonchev–Trinajstić information content (AvgIpc) is 2.50. The number of oxime groups is 1. The molecule has 0 radical (unpaired) electrons. The summed E-state index contributed by atoms with van der Waals surface area (Å²) >= 11 is 5.82. The Hall–Kier alpha value is -1.61. The number of halogens is 4. The van der Waals surface area contributed by atoms with Crippen molar-refractivity contribution < 1.29 is 26.4 Å². The van der Waals surface area contributed by atoms with Gasteiger partial charge >= 0.3 is 16.7 Å². The summed E-state index contributed by atoms with van der Waals surface area (Å²) in [5, 5.41) is 4.17. The molecule has 0 aliphatic heterocycles. The number of nitrogens with zero attached hydrogens (tertiary/aromatic N) is 1. The van der Waals surface area contributed by atoms with E-state index in [-0.39, 0.29) is 22.4 Å². The first-order valence-corrected chi connectivity index (χ1v) is 8.92. The Morgan fingerprint density at radius 2 is 1.80 bits per heavy atom. The lowest BCUT2D eigenvalue weighted by atomic mass is 10.0. The van der Waals surface area contributed by atoms with Crippen LogP contribution in [0.15, 0.2) is 23.4 Å². The minimum absolute atomic E-state index is 0.0246. The molecule has 0 aromatic heterocycles. The van der Waals surface area contributed by atoms with E-state index in [0.29, 0.717) is 6.42 Å². The maximum Gasteiger partial charge on any atom is 0.417 e. The topological polar surface area (TPSA) is 79.6 Å². The lowest BCUT2D eigenvalue weighted by Crippen LogP contribution is -2.15. The fourth-order valence-corrected chi connectivity index (χ4v) is 2.05. The highest BCUT2D eigenvalue weighted by atomic mass is 35.5. The van der Waals surface area contributed by atoms with Gasteiger partial charge in [0.15, 0.2) is 0 Å². The molecule has 0 amide bonds. The van der Waals surface area contributed by atoms with Crippen molar-refractivity contribution in [2.45, 2.75) is 52.3 Å². The summed E-state index contributed by atoms with van der Waals surface area (Å²) in [6.07, 6.45) is -2.73. The highest BCUT2D eigenvalue weighted by Gasteiger charge is 2.34. The van der Waals surface area contributed by atoms with Gasteiger partial charge in [-0.3, -0.25) is 0 Å². The highest BCUT2D eigenvalue weighted by molar-refractivity contribution is 7.60. The van der Waals surface area contributed by atoms with Crippen LogP contribution in [0.1, 0.15) is 51.2 Å². The molecule has 5 nitrogen and oxygen atoms in total. The molecule has 0 spiro atoms. The zero-order valence-corrected chi connectivity index (χ0v) is 15.6. The van der Waals surface area contributed by atoms with E-state index in [0.717, 1.165) is 18.9 Å². The predicted octanol–water partition coefficient (Wildman–Crippen LogP) is 5.31. The van der Waals surface area contributed by atoms with Crippen molar-refractivity contribution in [2.24, 2.45) is 5.16 Å². The van der Waals surface area contributed by atoms with Crippen LogP contribution in [0.25, 0.3) is 0 Å². The summed E-state index contributed by atoms with van der Waals surface area (Å²) in [4.78, 5) is 5.33. The van der Waals surface area contributed by atoms with Crippen LogP contribution in [0.3, 0.4) is 0 Å². The molecule has 0 fully saturated rings. The van der Waals surface area contributed by atoms with E-state index >= 15 is 0 Å². The van der Waals surface area contributed by atoms with E-state index < -0.39 is 22.2 Å². The van der Waals surface area contributed by atoms with Crippen LogP contribution >= 0.6 is 11.6 Å². The zero-order chi connectivity index (χ0) is 19.6. The second-order valence-electron chi connectivity index (χ2n) is 4.86. The van der Waals surface area contributed by atoms with Crippen molar-refractivity contribution in [1.82, 2.24) is 0 Å². The third kappa shape index (κ3) is 8.87. The minimum Gasteiger partial charge on any atom is -0.392 e. The molecule has 0 saturated carbocycles. The number of benzene rings is 1. The largest absolute Gasteiger partial charge is 0.417 e. The normalized spacial score (nSPS) is 11.8. The molecule has 0 bridgehead atoms. The van der Waals surface area contributed by atoms with Gasteiger partial charge in [-0.1, -0.05) is 37.5 Å². The van der Waals surface area contributed by atoms with Crippen LogP contribution in [-0.2, 0) is 21.5 Å². The standard InChI is InChI=1S/C15H19ClF3NO.HNO2S/c1-4-11(5-2)21-20-14(6-3)12-9-10(16)7-8-13(12)15(17,18)19;1-4(2)3/h7-9,11H,4-6H2,1-3H3;1H/b20-14+;. The van der Waals surface area contributed by atoms with Crippen molar-refractivity contribution in [3.05, 3.63) is 34.3 Å². The van der Waals surface area contributed by atoms with Crippen molar-refractivity contribution in [3.63, 3.8) is 0 Å². The summed E-state index contributed by atoms with van der Waals surface area (Å²) < 4.78 is 62.0. The van der Waals surface area contributed by atoms with Crippen molar-refractivity contribution in [1.29, 1.82) is 4.78 Å². The van der Waals surface area contributed by atoms with E-state index in [9.17, 15) is 13.2 Å². The second-order valence-corrected chi connectivity index (χ2v) is 5.76. The molecule has 142 valence electrons. The van der Waals surface area contributed by atoms with Gasteiger partial charge in [-0.05, 0) is 37.5 Å². The van der Waals surface area contributed by atoms with E-state index in [1.807, 2.05) is 13.8 Å². The third-order valence-electron chi connectivity index (χ3n) is 3.16. The molecule has 1 rings (SSSR count). The molecular weight excluding hydrogens is 381 g/mol. The number of alkyl halides is 3. The van der Waals surface area contributed by atoms with Gasteiger partial charge in [0.25, 0.3) is 0 Å². The Bertz CT molecular complexity index is 681. The molecule has 1 N–H and O–H groups in total. The Labute approximate surface area is 151 Å². The van der Waals surface area contributed by atoms with E-state index in [1.54, 1.807) is 6.92 Å². The van der Waals surface area contributed by atoms with E-state index in [4.69, 9.17) is 29.6 Å². The van der Waals surface area contributed by atoms with Gasteiger partial charge in [0.05, 0.1) is 11.3 Å². The Kier molecular flexibility index (Phi) is 10.4. The van der Waals surface area contributed by atoms with E-state index in [2.05, 4.69) is 5.16 Å². The number of nitrogens with one attached hydrogen (secondary N) is 1. The molecule has 1 aromatic carbocycles. The van der Waals surface area contributed by atoms with Gasteiger partial charge in [-0.2, -0.15) is 26.4 Å². The second kappa shape index (κ2) is 11.1. The van der Waals surface area contributed by atoms with Crippen LogP contribution in [0.2, 0.25) is 5.02 Å². The van der Waals surface area contributed by atoms with Gasteiger partial charge in [0, 0.05) is 10.6 Å². The fraction of sp³-hybridized carbons (Fsp3) is 0.533. The molecule has 0 saturated heterocycles. The summed E-state index contributed by atoms with van der Waals surface area (Å²) in [6, 6.07) is 3.48. The number of hydrogen-bond acceptors (Lipinski definition) is 5. The molecule has 1 aromatic rings. The lowest BCUT2D eigenvalue weighted by molar-refractivity contribution is -0.137. The van der Waals surface area contributed by atoms with Gasteiger partial charge in [-0.15, -0.1) is 0 Å². The first-order valence-electron chi connectivity index (χ1n) is 7.46. The molecule has 0 heterocycles. The monoisotopic (exact) mass is 400 g/mol. The van der Waals surface area contributed by atoms with Crippen molar-refractivity contribution in [3.8, 4) is 0 Å². The summed E-state index contributed by atoms with van der Waals surface area (Å²) in [5.74, 6) is 0. The van der Waals surface area contributed by atoms with Crippen LogP contribution in [-0.4, -0.2) is 20.2 Å². The summed E-state index contributed by atoms with van der Waals surface area (Å²) in [7, 11) is -2.61. The van der Waals surface area contributed by atoms with Gasteiger partial charge < -0.3 is 4.84 Å². The smallest absolute Gasteiger partial charge is 0.392 e. The predicted molar refractivity (Wildman–Crippen MR) is 90.4 cm³/mol. The van der Waals surface area contributed by atoms with Crippen LogP contribution < -0.4 is 0 Å².